The smallest absolute Gasteiger partial charge is 0.310 e. The minimum atomic E-state index is -0.570. The number of ether oxygens (including phenoxy) is 1. The first-order valence-electron chi connectivity index (χ1n) is 9.10. The van der Waals surface area contributed by atoms with Gasteiger partial charge in [-0.25, -0.2) is 0 Å². The van der Waals surface area contributed by atoms with E-state index in [0.717, 1.165) is 19.3 Å². The highest BCUT2D eigenvalue weighted by Crippen LogP contribution is 2.26. The molecule has 0 spiro atoms. The number of likely N-dealkylation sites (tertiary alicyclic amines) is 1. The fraction of sp³-hybridized carbons (Fsp3) is 0.300. The topological polar surface area (TPSA) is 102 Å². The quantitative estimate of drug-likeness (QED) is 0.609. The lowest BCUT2D eigenvalue weighted by Crippen LogP contribution is -2.36. The standard InChI is InChI=1S/C20H21N3O5/c24-19(14-28-18-11-5-4-10-17(18)23(26)27)21-16-9-3-2-8-15(16)20(25)22-12-6-1-7-13-22/h2-5,8-11H,1,6-7,12-14H2,(H,21,24). The van der Waals surface area contributed by atoms with Crippen LogP contribution < -0.4 is 10.1 Å². The number of nitro benzene ring substituents is 1. The van der Waals surface area contributed by atoms with Crippen LogP contribution in [0.2, 0.25) is 0 Å². The van der Waals surface area contributed by atoms with Gasteiger partial charge in [-0.1, -0.05) is 24.3 Å². The van der Waals surface area contributed by atoms with E-state index in [2.05, 4.69) is 5.32 Å². The number of nitro groups is 1. The van der Waals surface area contributed by atoms with Crippen LogP contribution in [-0.2, 0) is 4.79 Å². The second-order valence-corrected chi connectivity index (χ2v) is 6.46. The normalized spacial score (nSPS) is 13.6. The van der Waals surface area contributed by atoms with E-state index < -0.39 is 17.4 Å². The number of amides is 2. The molecule has 1 saturated heterocycles. The number of anilines is 1. The van der Waals surface area contributed by atoms with Gasteiger partial charge in [0, 0.05) is 19.2 Å². The van der Waals surface area contributed by atoms with Crippen molar-refractivity contribution in [1.29, 1.82) is 0 Å². The van der Waals surface area contributed by atoms with Gasteiger partial charge in [-0.05, 0) is 37.5 Å². The summed E-state index contributed by atoms with van der Waals surface area (Å²) in [7, 11) is 0. The molecule has 2 aromatic carbocycles. The summed E-state index contributed by atoms with van der Waals surface area (Å²) in [5.74, 6) is -0.604. The highest BCUT2D eigenvalue weighted by atomic mass is 16.6. The molecule has 146 valence electrons. The maximum atomic E-state index is 12.8. The first-order valence-corrected chi connectivity index (χ1v) is 9.10. The average Bonchev–Trinajstić information content (AvgIpc) is 2.73. The molecule has 28 heavy (non-hydrogen) atoms. The van der Waals surface area contributed by atoms with Crippen molar-refractivity contribution in [3.63, 3.8) is 0 Å². The van der Waals surface area contributed by atoms with E-state index in [4.69, 9.17) is 4.74 Å². The van der Waals surface area contributed by atoms with E-state index in [0.29, 0.717) is 24.3 Å². The zero-order valence-electron chi connectivity index (χ0n) is 15.3. The van der Waals surface area contributed by atoms with Crippen LogP contribution in [-0.4, -0.2) is 41.3 Å². The summed E-state index contributed by atoms with van der Waals surface area (Å²) in [6.45, 7) is 1.01. The summed E-state index contributed by atoms with van der Waals surface area (Å²) in [5.41, 5.74) is 0.605. The summed E-state index contributed by atoms with van der Waals surface area (Å²) < 4.78 is 5.30. The van der Waals surface area contributed by atoms with Crippen molar-refractivity contribution in [1.82, 2.24) is 4.90 Å². The van der Waals surface area contributed by atoms with Crippen LogP contribution >= 0.6 is 0 Å². The molecule has 2 amide bonds. The van der Waals surface area contributed by atoms with Gasteiger partial charge in [0.15, 0.2) is 12.4 Å². The fourth-order valence-electron chi connectivity index (χ4n) is 3.11. The molecule has 1 N–H and O–H groups in total. The third-order valence-electron chi connectivity index (χ3n) is 4.50. The number of benzene rings is 2. The molecule has 0 saturated carbocycles. The van der Waals surface area contributed by atoms with Crippen molar-refractivity contribution in [2.75, 3.05) is 25.0 Å². The van der Waals surface area contributed by atoms with Crippen LogP contribution in [0, 0.1) is 10.1 Å². The van der Waals surface area contributed by atoms with Gasteiger partial charge in [-0.2, -0.15) is 0 Å². The Morgan fingerprint density at radius 2 is 1.71 bits per heavy atom. The van der Waals surface area contributed by atoms with Gasteiger partial charge in [0.2, 0.25) is 0 Å². The fourth-order valence-corrected chi connectivity index (χ4v) is 3.11. The van der Waals surface area contributed by atoms with E-state index in [1.165, 1.54) is 18.2 Å². The lowest BCUT2D eigenvalue weighted by atomic mass is 10.1. The number of carbonyl (C=O) groups is 2. The highest BCUT2D eigenvalue weighted by molar-refractivity contribution is 6.04. The molecule has 1 aliphatic heterocycles. The van der Waals surface area contributed by atoms with Crippen LogP contribution in [0.5, 0.6) is 5.75 Å². The maximum Gasteiger partial charge on any atom is 0.310 e. The highest BCUT2D eigenvalue weighted by Gasteiger charge is 2.21. The van der Waals surface area contributed by atoms with Crippen LogP contribution in [0.3, 0.4) is 0 Å². The third kappa shape index (κ3) is 4.64. The molecule has 0 atom stereocenters. The number of para-hydroxylation sites is 3. The van der Waals surface area contributed by atoms with Gasteiger partial charge >= 0.3 is 5.69 Å². The number of piperidine rings is 1. The molecule has 0 aromatic heterocycles. The number of hydrogen-bond donors (Lipinski definition) is 1. The summed E-state index contributed by atoms with van der Waals surface area (Å²) in [6, 6.07) is 12.6. The van der Waals surface area contributed by atoms with Crippen LogP contribution in [0.25, 0.3) is 0 Å². The molecule has 0 unspecified atom stereocenters. The Morgan fingerprint density at radius 3 is 2.46 bits per heavy atom. The lowest BCUT2D eigenvalue weighted by Gasteiger charge is -2.27. The second kappa shape index (κ2) is 8.98. The Balaban J connectivity index is 1.66. The van der Waals surface area contributed by atoms with E-state index in [-0.39, 0.29) is 17.3 Å². The van der Waals surface area contributed by atoms with Gasteiger partial charge in [0.1, 0.15) is 0 Å². The summed E-state index contributed by atoms with van der Waals surface area (Å²) >= 11 is 0. The number of hydrogen-bond acceptors (Lipinski definition) is 5. The Hall–Kier alpha value is -3.42. The lowest BCUT2D eigenvalue weighted by molar-refractivity contribution is -0.385. The number of carbonyl (C=O) groups excluding carboxylic acids is 2. The Kier molecular flexibility index (Phi) is 6.21. The maximum absolute atomic E-state index is 12.8. The van der Waals surface area contributed by atoms with Gasteiger partial charge in [0.25, 0.3) is 11.8 Å². The Morgan fingerprint density at radius 1 is 1.04 bits per heavy atom. The van der Waals surface area contributed by atoms with Gasteiger partial charge in [-0.15, -0.1) is 0 Å². The summed E-state index contributed by atoms with van der Waals surface area (Å²) in [6.07, 6.45) is 3.07. The van der Waals surface area contributed by atoms with Crippen LogP contribution in [0.15, 0.2) is 48.5 Å². The van der Waals surface area contributed by atoms with Crippen molar-refractivity contribution < 1.29 is 19.2 Å². The van der Waals surface area contributed by atoms with Gasteiger partial charge < -0.3 is 15.0 Å². The average molecular weight is 383 g/mol. The second-order valence-electron chi connectivity index (χ2n) is 6.46. The monoisotopic (exact) mass is 383 g/mol. The molecule has 1 aliphatic rings. The molecule has 8 heteroatoms. The van der Waals surface area contributed by atoms with Crippen LogP contribution in [0.4, 0.5) is 11.4 Å². The summed E-state index contributed by atoms with van der Waals surface area (Å²) in [4.78, 5) is 37.3. The van der Waals surface area contributed by atoms with Crippen molar-refractivity contribution >= 4 is 23.2 Å². The number of nitrogens with zero attached hydrogens (tertiary/aromatic N) is 2. The third-order valence-corrected chi connectivity index (χ3v) is 4.50. The van der Waals surface area contributed by atoms with Gasteiger partial charge in [0.05, 0.1) is 16.2 Å². The first-order chi connectivity index (χ1) is 13.6. The van der Waals surface area contributed by atoms with E-state index in [1.807, 2.05) is 0 Å². The number of rotatable bonds is 6. The minimum absolute atomic E-state index is 0.0142. The van der Waals surface area contributed by atoms with Crippen LogP contribution in [0.1, 0.15) is 29.6 Å². The molecule has 0 bridgehead atoms. The predicted octanol–water partition coefficient (Wildman–Crippen LogP) is 3.24. The van der Waals surface area contributed by atoms with E-state index >= 15 is 0 Å². The minimum Gasteiger partial charge on any atom is -0.477 e. The van der Waals surface area contributed by atoms with Crippen molar-refractivity contribution in [3.8, 4) is 5.75 Å². The molecule has 1 heterocycles. The first kappa shape index (κ1) is 19.3. The molecule has 0 aliphatic carbocycles. The zero-order valence-corrected chi connectivity index (χ0v) is 15.3. The van der Waals surface area contributed by atoms with Gasteiger partial charge in [-0.3, -0.25) is 19.7 Å². The molecule has 3 rings (SSSR count). The van der Waals surface area contributed by atoms with Crippen molar-refractivity contribution in [2.45, 2.75) is 19.3 Å². The number of nitrogens with one attached hydrogen (secondary N) is 1. The van der Waals surface area contributed by atoms with Crippen molar-refractivity contribution in [3.05, 3.63) is 64.2 Å². The summed E-state index contributed by atoms with van der Waals surface area (Å²) in [5, 5.41) is 13.7. The Labute approximate surface area is 162 Å². The zero-order chi connectivity index (χ0) is 19.9. The molecular weight excluding hydrogens is 362 g/mol. The molecule has 8 nitrogen and oxygen atoms in total. The SMILES string of the molecule is O=C(COc1ccccc1[N+](=O)[O-])Nc1ccccc1C(=O)N1CCCCC1. The van der Waals surface area contributed by atoms with E-state index in [9.17, 15) is 19.7 Å². The van der Waals surface area contributed by atoms with Crippen molar-refractivity contribution in [2.24, 2.45) is 0 Å². The Bertz CT molecular complexity index is 878. The molecule has 2 aromatic rings. The predicted molar refractivity (Wildman–Crippen MR) is 103 cm³/mol. The molecule has 0 radical (unpaired) electrons. The molecular formula is C20H21N3O5. The molecule has 1 fully saturated rings. The van der Waals surface area contributed by atoms with E-state index in [1.54, 1.807) is 35.2 Å². The largest absolute Gasteiger partial charge is 0.477 e.